The molecule has 7 heteroatoms. The molecular weight excluding hydrogens is 370 g/mol. The maximum Gasteiger partial charge on any atom is 0.223 e. The van der Waals surface area contributed by atoms with E-state index in [9.17, 15) is 4.79 Å². The molecule has 0 unspecified atom stereocenters. The summed E-state index contributed by atoms with van der Waals surface area (Å²) in [6, 6.07) is 4.23. The zero-order chi connectivity index (χ0) is 18.1. The van der Waals surface area contributed by atoms with Gasteiger partial charge >= 0.3 is 0 Å². The van der Waals surface area contributed by atoms with Crippen LogP contribution in [0.1, 0.15) is 31.2 Å². The number of thiazole rings is 1. The first-order valence-corrected chi connectivity index (χ1v) is 10.5. The van der Waals surface area contributed by atoms with E-state index >= 15 is 0 Å². The van der Waals surface area contributed by atoms with E-state index in [-0.39, 0.29) is 17.9 Å². The Morgan fingerprint density at radius 2 is 2.00 bits per heavy atom. The third-order valence-corrected chi connectivity index (χ3v) is 6.62. The Bertz CT molecular complexity index is 795. The number of hydrogen-bond donors (Lipinski definition) is 1. The number of anilines is 1. The number of aryl methyl sites for hydroxylation is 1. The second-order valence-corrected chi connectivity index (χ2v) is 8.67. The summed E-state index contributed by atoms with van der Waals surface area (Å²) in [4.78, 5) is 19.6. The molecule has 1 aromatic heterocycles. The number of fused-ring (bicyclic) bond motifs is 1. The molecule has 4 rings (SSSR count). The molecule has 2 fully saturated rings. The van der Waals surface area contributed by atoms with Crippen molar-refractivity contribution in [2.75, 3.05) is 31.2 Å². The molecule has 140 valence electrons. The van der Waals surface area contributed by atoms with Gasteiger partial charge in [0.15, 0.2) is 5.13 Å². The van der Waals surface area contributed by atoms with Crippen molar-refractivity contribution in [1.29, 1.82) is 0 Å². The minimum absolute atomic E-state index is 0.111. The summed E-state index contributed by atoms with van der Waals surface area (Å²) in [5.74, 6) is 0.322. The first-order chi connectivity index (χ1) is 12.6. The number of rotatable bonds is 3. The average molecular weight is 394 g/mol. The summed E-state index contributed by atoms with van der Waals surface area (Å²) in [5, 5.41) is 5.01. The summed E-state index contributed by atoms with van der Waals surface area (Å²) in [7, 11) is 0. The van der Waals surface area contributed by atoms with Crippen LogP contribution in [0.15, 0.2) is 12.1 Å². The van der Waals surface area contributed by atoms with Crippen molar-refractivity contribution in [3.63, 3.8) is 0 Å². The molecule has 2 saturated heterocycles. The number of nitrogens with zero attached hydrogens (tertiary/aromatic N) is 2. The predicted octanol–water partition coefficient (Wildman–Crippen LogP) is 3.77. The molecule has 2 aliphatic heterocycles. The van der Waals surface area contributed by atoms with Crippen LogP contribution in [-0.4, -0.2) is 43.2 Å². The summed E-state index contributed by atoms with van der Waals surface area (Å²) >= 11 is 7.85. The van der Waals surface area contributed by atoms with E-state index < -0.39 is 0 Å². The summed E-state index contributed by atoms with van der Waals surface area (Å²) in [6.45, 7) is 5.30. The van der Waals surface area contributed by atoms with Crippen LogP contribution in [0.4, 0.5) is 5.13 Å². The van der Waals surface area contributed by atoms with Crippen LogP contribution in [0.25, 0.3) is 10.2 Å². The number of halogens is 1. The fourth-order valence-electron chi connectivity index (χ4n) is 3.77. The van der Waals surface area contributed by atoms with Gasteiger partial charge in [-0.2, -0.15) is 0 Å². The molecule has 0 radical (unpaired) electrons. The van der Waals surface area contributed by atoms with Gasteiger partial charge in [-0.15, -0.1) is 0 Å². The van der Waals surface area contributed by atoms with E-state index in [4.69, 9.17) is 21.3 Å². The molecular formula is C19H24ClN3O2S. The predicted molar refractivity (Wildman–Crippen MR) is 106 cm³/mol. The lowest BCUT2D eigenvalue weighted by atomic mass is 9.95. The van der Waals surface area contributed by atoms with E-state index in [1.54, 1.807) is 11.3 Å². The van der Waals surface area contributed by atoms with Gasteiger partial charge in [0.2, 0.25) is 5.91 Å². The molecule has 0 atom stereocenters. The average Bonchev–Trinajstić information content (AvgIpc) is 3.07. The molecule has 1 N–H and O–H groups in total. The Morgan fingerprint density at radius 1 is 1.27 bits per heavy atom. The topological polar surface area (TPSA) is 54.5 Å². The second-order valence-electron chi connectivity index (χ2n) is 7.22. The molecule has 0 aliphatic carbocycles. The van der Waals surface area contributed by atoms with Gasteiger partial charge in [0, 0.05) is 43.3 Å². The number of benzene rings is 1. The number of nitrogens with one attached hydrogen (secondary N) is 1. The minimum atomic E-state index is 0.111. The molecule has 2 aromatic rings. The Balaban J connectivity index is 1.37. The largest absolute Gasteiger partial charge is 0.381 e. The van der Waals surface area contributed by atoms with Crippen LogP contribution >= 0.6 is 22.9 Å². The number of aromatic nitrogens is 1. The van der Waals surface area contributed by atoms with Crippen LogP contribution in [0.5, 0.6) is 0 Å². The maximum absolute atomic E-state index is 12.5. The van der Waals surface area contributed by atoms with Gasteiger partial charge in [-0.25, -0.2) is 4.98 Å². The van der Waals surface area contributed by atoms with Gasteiger partial charge in [0.1, 0.15) is 0 Å². The lowest BCUT2D eigenvalue weighted by Gasteiger charge is -2.32. The van der Waals surface area contributed by atoms with Gasteiger partial charge in [-0.1, -0.05) is 22.9 Å². The normalized spacial score (nSPS) is 19.8. The van der Waals surface area contributed by atoms with Crippen molar-refractivity contribution >= 4 is 44.2 Å². The Morgan fingerprint density at radius 3 is 2.73 bits per heavy atom. The molecule has 1 amide bonds. The highest BCUT2D eigenvalue weighted by molar-refractivity contribution is 7.22. The number of ether oxygens (including phenoxy) is 1. The first kappa shape index (κ1) is 18.0. The Kier molecular flexibility index (Phi) is 5.34. The number of amides is 1. The van der Waals surface area contributed by atoms with Crippen molar-refractivity contribution in [1.82, 2.24) is 10.3 Å². The van der Waals surface area contributed by atoms with Crippen LogP contribution in [0.3, 0.4) is 0 Å². The van der Waals surface area contributed by atoms with E-state index in [0.29, 0.717) is 0 Å². The molecule has 0 saturated carbocycles. The van der Waals surface area contributed by atoms with Crippen molar-refractivity contribution in [3.05, 3.63) is 22.7 Å². The fourth-order valence-corrected chi connectivity index (χ4v) is 5.24. The van der Waals surface area contributed by atoms with Crippen LogP contribution in [-0.2, 0) is 9.53 Å². The van der Waals surface area contributed by atoms with E-state index in [0.717, 1.165) is 77.9 Å². The minimum Gasteiger partial charge on any atom is -0.381 e. The fraction of sp³-hybridized carbons (Fsp3) is 0.579. The monoisotopic (exact) mass is 393 g/mol. The van der Waals surface area contributed by atoms with Crippen molar-refractivity contribution < 1.29 is 9.53 Å². The molecule has 5 nitrogen and oxygen atoms in total. The highest BCUT2D eigenvalue weighted by atomic mass is 35.5. The van der Waals surface area contributed by atoms with Gasteiger partial charge in [-0.3, -0.25) is 4.79 Å². The summed E-state index contributed by atoms with van der Waals surface area (Å²) < 4.78 is 6.49. The smallest absolute Gasteiger partial charge is 0.223 e. The number of carbonyl (C=O) groups excluding carboxylic acids is 1. The standard InChI is InChI=1S/C19H24ClN3O2S/c1-12-10-14(20)11-16-17(12)22-19(26-16)23-6-2-13(3-7-23)18(24)21-15-4-8-25-9-5-15/h10-11,13,15H,2-9H2,1H3,(H,21,24). The van der Waals surface area contributed by atoms with Gasteiger partial charge in [-0.05, 0) is 50.3 Å². The SMILES string of the molecule is Cc1cc(Cl)cc2sc(N3CCC(C(=O)NC4CCOCC4)CC3)nc12. The zero-order valence-corrected chi connectivity index (χ0v) is 16.5. The molecule has 1 aromatic carbocycles. The third kappa shape index (κ3) is 3.82. The Labute approximate surface area is 162 Å². The highest BCUT2D eigenvalue weighted by Gasteiger charge is 2.28. The zero-order valence-electron chi connectivity index (χ0n) is 15.0. The number of carbonyl (C=O) groups is 1. The first-order valence-electron chi connectivity index (χ1n) is 9.30. The van der Waals surface area contributed by atoms with Crippen LogP contribution in [0, 0.1) is 12.8 Å². The highest BCUT2D eigenvalue weighted by Crippen LogP contribution is 2.34. The molecule has 0 bridgehead atoms. The van der Waals surface area contributed by atoms with E-state index in [1.165, 1.54) is 0 Å². The van der Waals surface area contributed by atoms with E-state index in [2.05, 4.69) is 10.2 Å². The van der Waals surface area contributed by atoms with Crippen molar-refractivity contribution in [2.45, 2.75) is 38.6 Å². The summed E-state index contributed by atoms with van der Waals surface area (Å²) in [6.07, 6.45) is 3.62. The number of hydrogen-bond acceptors (Lipinski definition) is 5. The van der Waals surface area contributed by atoms with Crippen molar-refractivity contribution in [3.8, 4) is 0 Å². The van der Waals surface area contributed by atoms with Crippen LogP contribution < -0.4 is 10.2 Å². The lowest BCUT2D eigenvalue weighted by molar-refractivity contribution is -0.126. The molecule has 0 spiro atoms. The maximum atomic E-state index is 12.5. The van der Waals surface area contributed by atoms with Gasteiger partial charge in [0.05, 0.1) is 10.2 Å². The van der Waals surface area contributed by atoms with Crippen molar-refractivity contribution in [2.24, 2.45) is 5.92 Å². The molecule has 2 aliphatic rings. The third-order valence-electron chi connectivity index (χ3n) is 5.34. The summed E-state index contributed by atoms with van der Waals surface area (Å²) in [5.41, 5.74) is 2.15. The second kappa shape index (κ2) is 7.71. The Hall–Kier alpha value is -1.37. The molecule has 3 heterocycles. The van der Waals surface area contributed by atoms with E-state index in [1.807, 2.05) is 19.1 Å². The molecule has 26 heavy (non-hydrogen) atoms. The lowest BCUT2D eigenvalue weighted by Crippen LogP contribution is -2.45. The van der Waals surface area contributed by atoms with Crippen LogP contribution in [0.2, 0.25) is 5.02 Å². The van der Waals surface area contributed by atoms with Gasteiger partial charge < -0.3 is 15.0 Å². The van der Waals surface area contributed by atoms with Gasteiger partial charge in [0.25, 0.3) is 0 Å². The quantitative estimate of drug-likeness (QED) is 0.862. The number of piperidine rings is 1.